The quantitative estimate of drug-likeness (QED) is 0.251. The van der Waals surface area contributed by atoms with Gasteiger partial charge in [-0.3, -0.25) is 4.79 Å². The van der Waals surface area contributed by atoms with Gasteiger partial charge in [-0.05, 0) is 6.92 Å². The van der Waals surface area contributed by atoms with Gasteiger partial charge in [0.25, 0.3) is 0 Å². The summed E-state index contributed by atoms with van der Waals surface area (Å²) in [6.45, 7) is 3.44. The molecule has 50 valence electrons. The molecule has 0 unspecified atom stereocenters. The number of carbonyl (C=O) groups is 1. The fourth-order valence-corrected chi connectivity index (χ4v) is 0.285. The normalized spacial score (nSPS) is 6.90. The smallest absolute Gasteiger partial charge is 0.487 e. The zero-order chi connectivity index (χ0) is 7.28. The number of rotatable bonds is 2. The first-order valence-corrected chi connectivity index (χ1v) is 2.63. The Morgan fingerprint density at radius 3 is 2.60 bits per heavy atom. The molecule has 0 aromatic carbocycles. The van der Waals surface area contributed by atoms with Gasteiger partial charge in [0.15, 0.2) is 5.97 Å². The molecule has 0 heterocycles. The van der Waals surface area contributed by atoms with E-state index in [1.165, 1.54) is 6.92 Å². The fourth-order valence-electron chi connectivity index (χ4n) is 0.285. The molecule has 0 saturated heterocycles. The van der Waals surface area contributed by atoms with Gasteiger partial charge in [0, 0.05) is 0 Å². The minimum absolute atomic E-state index is 0. The molecular weight excluding hydrogens is 141 g/mol. The summed E-state index contributed by atoms with van der Waals surface area (Å²) in [5.41, 5.74) is 0. The second-order valence-electron chi connectivity index (χ2n) is 1.46. The van der Waals surface area contributed by atoms with Crippen molar-refractivity contribution in [1.82, 2.24) is 0 Å². The molecule has 0 aliphatic carbocycles. The second kappa shape index (κ2) is 6.94. The van der Waals surface area contributed by atoms with E-state index in [4.69, 9.17) is 5.26 Å². The minimum Gasteiger partial charge on any atom is -0.487 e. The molecule has 4 heteroatoms. The third-order valence-electron chi connectivity index (χ3n) is 0.749. The Hall–Kier alpha value is -0.170. The first-order chi connectivity index (χ1) is 4.22. The molecule has 0 aliphatic heterocycles. The van der Waals surface area contributed by atoms with Crippen LogP contribution in [-0.4, -0.2) is 12.6 Å². The third kappa shape index (κ3) is 4.68. The molecule has 0 aromatic rings. The summed E-state index contributed by atoms with van der Waals surface area (Å²) >= 11 is 0. The average molecular weight is 149 g/mol. The number of esters is 1. The van der Waals surface area contributed by atoms with Gasteiger partial charge >= 0.3 is 29.6 Å². The van der Waals surface area contributed by atoms with Crippen LogP contribution in [0.1, 0.15) is 13.8 Å². The van der Waals surface area contributed by atoms with Crippen molar-refractivity contribution >= 4 is 5.97 Å². The number of carbonyl (C=O) groups excluding carboxylic acids is 1. The molecule has 3 nitrogen and oxygen atoms in total. The third-order valence-corrected chi connectivity index (χ3v) is 0.749. The van der Waals surface area contributed by atoms with Gasteiger partial charge in [0.1, 0.15) is 0 Å². The van der Waals surface area contributed by atoms with Gasteiger partial charge in [-0.1, -0.05) is 6.07 Å². The molecule has 10 heavy (non-hydrogen) atoms. The molecule has 0 atom stereocenters. The minimum atomic E-state index is -0.528. The van der Waals surface area contributed by atoms with Crippen LogP contribution in [0.5, 0.6) is 0 Å². The molecule has 0 bridgehead atoms. The van der Waals surface area contributed by atoms with Crippen LogP contribution < -0.4 is 29.6 Å². The zero-order valence-corrected chi connectivity index (χ0v) is 8.47. The number of ether oxygens (including phenoxy) is 1. The first-order valence-electron chi connectivity index (χ1n) is 2.63. The van der Waals surface area contributed by atoms with Crippen LogP contribution >= 0.6 is 0 Å². The summed E-state index contributed by atoms with van der Waals surface area (Å²) in [5, 5.41) is 8.14. The maximum atomic E-state index is 10.5. The van der Waals surface area contributed by atoms with Gasteiger partial charge < -0.3 is 4.74 Å². The number of nitriles is 1. The van der Waals surface area contributed by atoms with Gasteiger partial charge in [0.2, 0.25) is 0 Å². The van der Waals surface area contributed by atoms with Gasteiger partial charge in [-0.25, -0.2) is 5.26 Å². The van der Waals surface area contributed by atoms with Crippen LogP contribution in [0.15, 0.2) is 0 Å². The second-order valence-corrected chi connectivity index (χ2v) is 1.46. The van der Waals surface area contributed by atoms with E-state index in [9.17, 15) is 4.79 Å². The summed E-state index contributed by atoms with van der Waals surface area (Å²) in [5.74, 6) is -0.433. The fraction of sp³-hybridized carbons (Fsp3) is 0.500. The van der Waals surface area contributed by atoms with Crippen LogP contribution in [0.25, 0.3) is 0 Å². The first kappa shape index (κ1) is 12.5. The Kier molecular flexibility index (Phi) is 8.68. The summed E-state index contributed by atoms with van der Waals surface area (Å²) < 4.78 is 4.50. The van der Waals surface area contributed by atoms with Crippen LogP contribution in [0.4, 0.5) is 0 Å². The molecular formula is C6H8NNaO2. The van der Waals surface area contributed by atoms with E-state index < -0.39 is 5.97 Å². The molecule has 0 saturated carbocycles. The Bertz CT molecular complexity index is 141. The van der Waals surface area contributed by atoms with Crippen molar-refractivity contribution in [3.8, 4) is 6.07 Å². The molecule has 0 N–H and O–H groups in total. The summed E-state index contributed by atoms with van der Waals surface area (Å²) in [6, 6.07) is 1.69. The van der Waals surface area contributed by atoms with Crippen LogP contribution in [-0.2, 0) is 9.53 Å². The number of hydrogen-bond acceptors (Lipinski definition) is 3. The van der Waals surface area contributed by atoms with Crippen molar-refractivity contribution in [2.75, 3.05) is 6.61 Å². The average Bonchev–Trinajstić information content (AvgIpc) is 1.87. The van der Waals surface area contributed by atoms with E-state index >= 15 is 0 Å². The molecule has 0 fully saturated rings. The van der Waals surface area contributed by atoms with Gasteiger partial charge in [-0.2, -0.15) is 12.8 Å². The number of nitrogens with zero attached hydrogens (tertiary/aromatic N) is 1. The van der Waals surface area contributed by atoms with Gasteiger partial charge in [-0.15, -0.1) is 0 Å². The summed E-state index contributed by atoms with van der Waals surface area (Å²) in [6.07, 6.45) is 0. The maximum absolute atomic E-state index is 10.5. The Labute approximate surface area is 82.6 Å². The Morgan fingerprint density at radius 2 is 2.30 bits per heavy atom. The predicted molar refractivity (Wildman–Crippen MR) is 31.2 cm³/mol. The summed E-state index contributed by atoms with van der Waals surface area (Å²) in [4.78, 5) is 10.5. The SMILES string of the molecule is CCOC(=O)[C-](C)C#N.[Na+]. The molecule has 0 spiro atoms. The Morgan fingerprint density at radius 1 is 1.80 bits per heavy atom. The predicted octanol–water partition coefficient (Wildman–Crippen LogP) is -2.33. The van der Waals surface area contributed by atoms with Crippen molar-refractivity contribution < 1.29 is 39.1 Å². The molecule has 0 radical (unpaired) electrons. The number of hydrogen-bond donors (Lipinski definition) is 0. The van der Waals surface area contributed by atoms with E-state index in [0.717, 1.165) is 0 Å². The van der Waals surface area contributed by atoms with E-state index in [1.54, 1.807) is 13.0 Å². The van der Waals surface area contributed by atoms with Crippen molar-refractivity contribution in [3.63, 3.8) is 0 Å². The van der Waals surface area contributed by atoms with E-state index in [-0.39, 0.29) is 35.5 Å². The standard InChI is InChI=1S/C6H8NO2.Na/c1-3-9-6(8)5(2)4-7;/h3H2,1-2H3;/q-1;+1. The molecule has 0 amide bonds. The van der Waals surface area contributed by atoms with Crippen LogP contribution in [0.2, 0.25) is 0 Å². The largest absolute Gasteiger partial charge is 1.00 e. The Balaban J connectivity index is 0. The van der Waals surface area contributed by atoms with Crippen molar-refractivity contribution in [1.29, 1.82) is 5.26 Å². The molecule has 0 aromatic heterocycles. The molecule has 0 rings (SSSR count). The van der Waals surface area contributed by atoms with E-state index in [2.05, 4.69) is 4.74 Å². The van der Waals surface area contributed by atoms with Crippen molar-refractivity contribution in [3.05, 3.63) is 5.92 Å². The maximum Gasteiger partial charge on any atom is 1.00 e. The zero-order valence-electron chi connectivity index (χ0n) is 6.47. The van der Waals surface area contributed by atoms with Crippen LogP contribution in [0, 0.1) is 17.2 Å². The monoisotopic (exact) mass is 149 g/mol. The van der Waals surface area contributed by atoms with Gasteiger partial charge in [0.05, 0.1) is 6.61 Å². The van der Waals surface area contributed by atoms with Crippen molar-refractivity contribution in [2.24, 2.45) is 0 Å². The van der Waals surface area contributed by atoms with E-state index in [1.807, 2.05) is 0 Å². The van der Waals surface area contributed by atoms with Crippen molar-refractivity contribution in [2.45, 2.75) is 13.8 Å². The van der Waals surface area contributed by atoms with E-state index in [0.29, 0.717) is 6.61 Å². The topological polar surface area (TPSA) is 50.1 Å². The molecule has 0 aliphatic rings. The summed E-state index contributed by atoms with van der Waals surface area (Å²) in [7, 11) is 0. The van der Waals surface area contributed by atoms with Crippen LogP contribution in [0.3, 0.4) is 0 Å².